The van der Waals surface area contributed by atoms with Crippen LogP contribution in [-0.2, 0) is 13.1 Å². The maximum absolute atomic E-state index is 13.3. The number of H-pyrrole nitrogens is 1. The van der Waals surface area contributed by atoms with Gasteiger partial charge in [-0.05, 0) is 19.0 Å². The van der Waals surface area contributed by atoms with Gasteiger partial charge in [-0.15, -0.1) is 0 Å². The van der Waals surface area contributed by atoms with Crippen molar-refractivity contribution in [2.24, 2.45) is 0 Å². The van der Waals surface area contributed by atoms with E-state index in [1.54, 1.807) is 10.8 Å². The second-order valence-corrected chi connectivity index (χ2v) is 8.36. The van der Waals surface area contributed by atoms with Crippen LogP contribution in [0.3, 0.4) is 0 Å². The number of aromatic nitrogens is 6. The molecule has 9 heteroatoms. The van der Waals surface area contributed by atoms with E-state index in [9.17, 15) is 4.79 Å². The molecule has 3 aromatic heterocycles. The lowest BCUT2D eigenvalue weighted by molar-refractivity contribution is 0.309. The molecule has 1 N–H and O–H groups in total. The standard InChI is InChI=1S/C23H28N8O/c1-3-9-31-22(32)19-21(27-23(31)29-12-10-28(2)11-13-29)26-20(25-19)18-14-24-30(16-18)15-17-7-5-4-6-8-17/h4-8,14,16H,3,9-13,15H2,1-2H3,(H,25,26). The van der Waals surface area contributed by atoms with E-state index in [1.807, 2.05) is 29.1 Å². The summed E-state index contributed by atoms with van der Waals surface area (Å²) in [5.41, 5.74) is 2.85. The molecular weight excluding hydrogens is 404 g/mol. The van der Waals surface area contributed by atoms with E-state index < -0.39 is 0 Å². The van der Waals surface area contributed by atoms with Crippen molar-refractivity contribution >= 4 is 17.1 Å². The summed E-state index contributed by atoms with van der Waals surface area (Å²) in [7, 11) is 2.12. The van der Waals surface area contributed by atoms with E-state index in [0.717, 1.165) is 44.1 Å². The predicted octanol–water partition coefficient (Wildman–Crippen LogP) is 2.19. The molecule has 166 valence electrons. The maximum Gasteiger partial charge on any atom is 0.280 e. The van der Waals surface area contributed by atoms with Crippen LogP contribution in [0.2, 0.25) is 0 Å². The minimum absolute atomic E-state index is 0.0683. The first kappa shape index (κ1) is 20.4. The zero-order valence-electron chi connectivity index (χ0n) is 18.5. The maximum atomic E-state index is 13.3. The fraction of sp³-hybridized carbons (Fsp3) is 0.391. The van der Waals surface area contributed by atoms with Gasteiger partial charge in [0.2, 0.25) is 5.95 Å². The van der Waals surface area contributed by atoms with Crippen LogP contribution in [0.15, 0.2) is 47.5 Å². The largest absolute Gasteiger partial charge is 0.340 e. The van der Waals surface area contributed by atoms with Gasteiger partial charge < -0.3 is 14.8 Å². The number of rotatable bonds is 6. The number of piperazine rings is 1. The van der Waals surface area contributed by atoms with Crippen LogP contribution in [0.25, 0.3) is 22.6 Å². The average molecular weight is 433 g/mol. The first-order valence-electron chi connectivity index (χ1n) is 11.1. The van der Waals surface area contributed by atoms with Gasteiger partial charge in [0.1, 0.15) is 5.82 Å². The van der Waals surface area contributed by atoms with Gasteiger partial charge in [-0.3, -0.25) is 14.0 Å². The van der Waals surface area contributed by atoms with Crippen molar-refractivity contribution in [1.82, 2.24) is 34.2 Å². The summed E-state index contributed by atoms with van der Waals surface area (Å²) in [6.07, 6.45) is 4.57. The van der Waals surface area contributed by atoms with Gasteiger partial charge in [-0.1, -0.05) is 37.3 Å². The zero-order chi connectivity index (χ0) is 22.1. The van der Waals surface area contributed by atoms with Crippen LogP contribution in [0.5, 0.6) is 0 Å². The fourth-order valence-corrected chi connectivity index (χ4v) is 4.13. The molecule has 4 aromatic rings. The van der Waals surface area contributed by atoms with E-state index in [0.29, 0.717) is 30.1 Å². The molecule has 32 heavy (non-hydrogen) atoms. The second-order valence-electron chi connectivity index (χ2n) is 8.36. The molecule has 0 atom stereocenters. The highest BCUT2D eigenvalue weighted by molar-refractivity contribution is 5.76. The van der Waals surface area contributed by atoms with Crippen molar-refractivity contribution < 1.29 is 0 Å². The Labute approximate surface area is 186 Å². The van der Waals surface area contributed by atoms with Crippen molar-refractivity contribution in [1.29, 1.82) is 0 Å². The molecular formula is C23H28N8O. The number of hydrogen-bond donors (Lipinski definition) is 1. The molecule has 0 bridgehead atoms. The molecule has 0 saturated carbocycles. The zero-order valence-corrected chi connectivity index (χ0v) is 18.5. The van der Waals surface area contributed by atoms with Crippen LogP contribution in [-0.4, -0.2) is 67.4 Å². The summed E-state index contributed by atoms with van der Waals surface area (Å²) >= 11 is 0. The van der Waals surface area contributed by atoms with Gasteiger partial charge in [0, 0.05) is 38.9 Å². The highest BCUT2D eigenvalue weighted by Crippen LogP contribution is 2.21. The number of aromatic amines is 1. The molecule has 1 fully saturated rings. The van der Waals surface area contributed by atoms with Crippen molar-refractivity contribution in [3.8, 4) is 11.4 Å². The number of imidazole rings is 1. The molecule has 0 unspecified atom stereocenters. The molecule has 1 aliphatic rings. The normalized spacial score (nSPS) is 15.0. The average Bonchev–Trinajstić information content (AvgIpc) is 3.44. The lowest BCUT2D eigenvalue weighted by Gasteiger charge is -2.34. The molecule has 1 aromatic carbocycles. The van der Waals surface area contributed by atoms with Crippen LogP contribution < -0.4 is 10.5 Å². The Balaban J connectivity index is 1.50. The Morgan fingerprint density at radius 1 is 1.06 bits per heavy atom. The summed E-state index contributed by atoms with van der Waals surface area (Å²) in [6, 6.07) is 10.2. The van der Waals surface area contributed by atoms with Crippen molar-refractivity contribution in [2.75, 3.05) is 38.1 Å². The first-order chi connectivity index (χ1) is 15.6. The van der Waals surface area contributed by atoms with Crippen molar-refractivity contribution in [3.05, 3.63) is 58.6 Å². The number of fused-ring (bicyclic) bond motifs is 1. The van der Waals surface area contributed by atoms with Crippen LogP contribution >= 0.6 is 0 Å². The van der Waals surface area contributed by atoms with Crippen molar-refractivity contribution in [3.63, 3.8) is 0 Å². The molecule has 9 nitrogen and oxygen atoms in total. The molecule has 0 aliphatic carbocycles. The summed E-state index contributed by atoms with van der Waals surface area (Å²) < 4.78 is 3.66. The number of anilines is 1. The van der Waals surface area contributed by atoms with Crippen molar-refractivity contribution in [2.45, 2.75) is 26.4 Å². The highest BCUT2D eigenvalue weighted by Gasteiger charge is 2.22. The Morgan fingerprint density at radius 2 is 1.84 bits per heavy atom. The Morgan fingerprint density at radius 3 is 2.59 bits per heavy atom. The Kier molecular flexibility index (Phi) is 5.48. The summed E-state index contributed by atoms with van der Waals surface area (Å²) in [4.78, 5) is 30.5. The lowest BCUT2D eigenvalue weighted by Crippen LogP contribution is -2.46. The topological polar surface area (TPSA) is 87.9 Å². The van der Waals surface area contributed by atoms with Gasteiger partial charge in [0.15, 0.2) is 11.2 Å². The van der Waals surface area contributed by atoms with Gasteiger partial charge in [0.05, 0.1) is 18.3 Å². The molecule has 0 spiro atoms. The first-order valence-corrected chi connectivity index (χ1v) is 11.1. The Bertz CT molecular complexity index is 1260. The molecule has 1 saturated heterocycles. The van der Waals surface area contributed by atoms with Gasteiger partial charge in [-0.2, -0.15) is 10.1 Å². The molecule has 4 heterocycles. The molecule has 0 amide bonds. The quantitative estimate of drug-likeness (QED) is 0.503. The third-order valence-corrected chi connectivity index (χ3v) is 5.92. The van der Waals surface area contributed by atoms with E-state index in [4.69, 9.17) is 4.98 Å². The number of nitrogens with zero attached hydrogens (tertiary/aromatic N) is 7. The monoisotopic (exact) mass is 432 g/mol. The number of likely N-dealkylation sites (N-methyl/N-ethyl adjacent to an activating group) is 1. The summed E-state index contributed by atoms with van der Waals surface area (Å²) in [6.45, 7) is 6.98. The number of nitrogens with one attached hydrogen (secondary N) is 1. The highest BCUT2D eigenvalue weighted by atomic mass is 16.1. The van der Waals surface area contributed by atoms with E-state index in [2.05, 4.69) is 51.0 Å². The van der Waals surface area contributed by atoms with Gasteiger partial charge in [-0.25, -0.2) is 4.98 Å². The van der Waals surface area contributed by atoms with Crippen LogP contribution in [0, 0.1) is 0 Å². The summed E-state index contributed by atoms with van der Waals surface area (Å²) in [5.74, 6) is 1.33. The lowest BCUT2D eigenvalue weighted by atomic mass is 10.2. The smallest absolute Gasteiger partial charge is 0.280 e. The van der Waals surface area contributed by atoms with Gasteiger partial charge >= 0.3 is 0 Å². The SMILES string of the molecule is CCCn1c(N2CCN(C)CC2)nc2nc(-c3cnn(Cc4ccccc4)c3)[nH]c2c1=O. The van der Waals surface area contributed by atoms with Crippen LogP contribution in [0.4, 0.5) is 5.95 Å². The minimum Gasteiger partial charge on any atom is -0.340 e. The third kappa shape index (κ3) is 3.91. The molecule has 0 radical (unpaired) electrons. The van der Waals surface area contributed by atoms with E-state index in [-0.39, 0.29) is 5.56 Å². The molecule has 5 rings (SSSR count). The van der Waals surface area contributed by atoms with E-state index >= 15 is 0 Å². The van der Waals surface area contributed by atoms with Crippen LogP contribution in [0.1, 0.15) is 18.9 Å². The number of hydrogen-bond acceptors (Lipinski definition) is 6. The number of benzene rings is 1. The fourth-order valence-electron chi connectivity index (χ4n) is 4.13. The summed E-state index contributed by atoms with van der Waals surface area (Å²) in [5, 5.41) is 4.47. The predicted molar refractivity (Wildman–Crippen MR) is 125 cm³/mol. The van der Waals surface area contributed by atoms with Gasteiger partial charge in [0.25, 0.3) is 5.56 Å². The third-order valence-electron chi connectivity index (χ3n) is 5.92. The Hall–Kier alpha value is -3.46. The minimum atomic E-state index is -0.0683. The van der Waals surface area contributed by atoms with E-state index in [1.165, 1.54) is 5.56 Å². The molecule has 1 aliphatic heterocycles. The second kappa shape index (κ2) is 8.58.